The summed E-state index contributed by atoms with van der Waals surface area (Å²) >= 11 is 0. The van der Waals surface area contributed by atoms with Crippen LogP contribution in [0.1, 0.15) is 53.4 Å². The summed E-state index contributed by atoms with van der Waals surface area (Å²) in [4.78, 5) is 22.8. The minimum Gasteiger partial charge on any atom is -0.459 e. The SMILES string of the molecule is C=CC(=O)OCC(CC)(COC(=O)C=C)OC(CC)(CC)CC. The predicted octanol–water partition coefficient (Wildman–Crippen LogP) is 3.58. The van der Waals surface area contributed by atoms with Crippen molar-refractivity contribution < 1.29 is 23.8 Å². The smallest absolute Gasteiger partial charge is 0.330 e. The van der Waals surface area contributed by atoms with Crippen molar-refractivity contribution in [2.75, 3.05) is 13.2 Å². The van der Waals surface area contributed by atoms with Crippen molar-refractivity contribution >= 4 is 11.9 Å². The molecule has 0 aliphatic heterocycles. The Bertz CT molecular complexity index is 377. The van der Waals surface area contributed by atoms with Crippen molar-refractivity contribution in [3.05, 3.63) is 25.3 Å². The molecule has 0 rings (SSSR count). The first-order chi connectivity index (χ1) is 10.9. The van der Waals surface area contributed by atoms with E-state index in [-0.39, 0.29) is 18.8 Å². The summed E-state index contributed by atoms with van der Waals surface area (Å²) in [5, 5.41) is 0. The molecular weight excluding hydrogens is 296 g/mol. The molecule has 0 radical (unpaired) electrons. The van der Waals surface area contributed by atoms with E-state index in [0.29, 0.717) is 6.42 Å². The zero-order valence-corrected chi connectivity index (χ0v) is 14.9. The van der Waals surface area contributed by atoms with E-state index in [1.54, 1.807) is 0 Å². The molecule has 0 spiro atoms. The summed E-state index contributed by atoms with van der Waals surface area (Å²) in [6.07, 6.45) is 5.17. The van der Waals surface area contributed by atoms with Crippen molar-refractivity contribution in [2.24, 2.45) is 0 Å². The van der Waals surface area contributed by atoms with E-state index in [1.807, 2.05) is 6.92 Å². The van der Waals surface area contributed by atoms with Gasteiger partial charge in [0.15, 0.2) is 0 Å². The first-order valence-electron chi connectivity index (χ1n) is 8.15. The minimum atomic E-state index is -0.890. The molecule has 0 amide bonds. The molecule has 0 unspecified atom stereocenters. The lowest BCUT2D eigenvalue weighted by molar-refractivity contribution is -0.210. The average molecular weight is 326 g/mol. The van der Waals surface area contributed by atoms with E-state index < -0.39 is 17.5 Å². The number of carbonyl (C=O) groups excluding carboxylic acids is 2. The van der Waals surface area contributed by atoms with Crippen molar-refractivity contribution in [1.82, 2.24) is 0 Å². The average Bonchev–Trinajstić information content (AvgIpc) is 2.61. The van der Waals surface area contributed by atoms with Crippen LogP contribution < -0.4 is 0 Å². The molecule has 0 N–H and O–H groups in total. The lowest BCUT2D eigenvalue weighted by Crippen LogP contribution is -2.50. The molecule has 0 aliphatic carbocycles. The van der Waals surface area contributed by atoms with Crippen molar-refractivity contribution in [1.29, 1.82) is 0 Å². The van der Waals surface area contributed by atoms with Crippen molar-refractivity contribution in [3.63, 3.8) is 0 Å². The van der Waals surface area contributed by atoms with E-state index in [2.05, 4.69) is 33.9 Å². The summed E-state index contributed by atoms with van der Waals surface area (Å²) in [5.74, 6) is -1.06. The van der Waals surface area contributed by atoms with Gasteiger partial charge in [0.1, 0.15) is 18.8 Å². The van der Waals surface area contributed by atoms with Crippen LogP contribution in [0, 0.1) is 0 Å². The Morgan fingerprint density at radius 1 is 0.783 bits per heavy atom. The molecule has 0 saturated carbocycles. The minimum absolute atomic E-state index is 0.000522. The third-order valence-electron chi connectivity index (χ3n) is 4.30. The van der Waals surface area contributed by atoms with Crippen molar-refractivity contribution in [2.45, 2.75) is 64.6 Å². The lowest BCUT2D eigenvalue weighted by atomic mass is 9.91. The van der Waals surface area contributed by atoms with Gasteiger partial charge in [0.05, 0.1) is 5.60 Å². The summed E-state index contributed by atoms with van der Waals surface area (Å²) in [6.45, 7) is 14.8. The van der Waals surface area contributed by atoms with Gasteiger partial charge >= 0.3 is 11.9 Å². The second-order valence-corrected chi connectivity index (χ2v) is 5.51. The molecule has 0 heterocycles. The molecule has 0 bridgehead atoms. The zero-order chi connectivity index (χ0) is 17.9. The Kier molecular flexibility index (Phi) is 9.49. The molecule has 0 atom stereocenters. The number of hydrogen-bond acceptors (Lipinski definition) is 5. The summed E-state index contributed by atoms with van der Waals surface area (Å²) in [6, 6.07) is 0. The highest BCUT2D eigenvalue weighted by Gasteiger charge is 2.40. The van der Waals surface area contributed by atoms with Crippen LogP contribution >= 0.6 is 0 Å². The Morgan fingerprint density at radius 2 is 1.13 bits per heavy atom. The molecule has 0 aromatic rings. The monoisotopic (exact) mass is 326 g/mol. The number of carbonyl (C=O) groups is 2. The van der Waals surface area contributed by atoms with E-state index in [4.69, 9.17) is 14.2 Å². The fourth-order valence-electron chi connectivity index (χ4n) is 2.33. The highest BCUT2D eigenvalue weighted by atomic mass is 16.6. The molecule has 23 heavy (non-hydrogen) atoms. The Hall–Kier alpha value is -1.62. The van der Waals surface area contributed by atoms with Crippen LogP contribution in [0.3, 0.4) is 0 Å². The molecule has 5 nitrogen and oxygen atoms in total. The lowest BCUT2D eigenvalue weighted by Gasteiger charge is -2.42. The molecule has 0 fully saturated rings. The number of esters is 2. The van der Waals surface area contributed by atoms with Gasteiger partial charge in [0.25, 0.3) is 0 Å². The second kappa shape index (κ2) is 10.2. The molecule has 5 heteroatoms. The Labute approximate surface area is 139 Å². The van der Waals surface area contributed by atoms with Crippen LogP contribution in [0.25, 0.3) is 0 Å². The van der Waals surface area contributed by atoms with E-state index >= 15 is 0 Å². The third-order valence-corrected chi connectivity index (χ3v) is 4.30. The van der Waals surface area contributed by atoms with Crippen LogP contribution in [-0.4, -0.2) is 36.4 Å². The Balaban J connectivity index is 5.35. The van der Waals surface area contributed by atoms with Gasteiger partial charge in [0.2, 0.25) is 0 Å². The van der Waals surface area contributed by atoms with Crippen LogP contribution in [0.5, 0.6) is 0 Å². The largest absolute Gasteiger partial charge is 0.459 e. The quantitative estimate of drug-likeness (QED) is 0.405. The topological polar surface area (TPSA) is 61.8 Å². The highest BCUT2D eigenvalue weighted by molar-refractivity contribution is 5.81. The van der Waals surface area contributed by atoms with Gasteiger partial charge in [-0.25, -0.2) is 9.59 Å². The maximum absolute atomic E-state index is 11.4. The number of hydrogen-bond donors (Lipinski definition) is 0. The highest BCUT2D eigenvalue weighted by Crippen LogP contribution is 2.33. The van der Waals surface area contributed by atoms with Gasteiger partial charge in [-0.1, -0.05) is 40.9 Å². The zero-order valence-electron chi connectivity index (χ0n) is 14.9. The summed E-state index contributed by atoms with van der Waals surface area (Å²) < 4.78 is 16.8. The fraction of sp³-hybridized carbons (Fsp3) is 0.667. The molecule has 0 aromatic heterocycles. The van der Waals surface area contributed by atoms with Crippen LogP contribution in [0.2, 0.25) is 0 Å². The molecule has 0 saturated heterocycles. The van der Waals surface area contributed by atoms with Gasteiger partial charge in [-0.2, -0.15) is 0 Å². The summed E-state index contributed by atoms with van der Waals surface area (Å²) in [7, 11) is 0. The normalized spacial score (nSPS) is 11.7. The van der Waals surface area contributed by atoms with E-state index in [0.717, 1.165) is 31.4 Å². The predicted molar refractivity (Wildman–Crippen MR) is 90.0 cm³/mol. The van der Waals surface area contributed by atoms with E-state index in [9.17, 15) is 9.59 Å². The number of rotatable bonds is 12. The fourth-order valence-corrected chi connectivity index (χ4v) is 2.33. The number of ether oxygens (including phenoxy) is 3. The van der Waals surface area contributed by atoms with Crippen LogP contribution in [0.4, 0.5) is 0 Å². The van der Waals surface area contributed by atoms with Crippen molar-refractivity contribution in [3.8, 4) is 0 Å². The first kappa shape index (κ1) is 21.4. The third kappa shape index (κ3) is 6.57. The second-order valence-electron chi connectivity index (χ2n) is 5.51. The first-order valence-corrected chi connectivity index (χ1v) is 8.15. The van der Waals surface area contributed by atoms with Gasteiger partial charge < -0.3 is 14.2 Å². The molecule has 0 aromatic carbocycles. The molecule has 132 valence electrons. The molecular formula is C18H30O5. The van der Waals surface area contributed by atoms with Gasteiger partial charge in [0, 0.05) is 12.2 Å². The van der Waals surface area contributed by atoms with Gasteiger partial charge in [-0.3, -0.25) is 0 Å². The maximum Gasteiger partial charge on any atom is 0.330 e. The molecule has 0 aliphatic rings. The van der Waals surface area contributed by atoms with Crippen LogP contribution in [0.15, 0.2) is 25.3 Å². The van der Waals surface area contributed by atoms with E-state index in [1.165, 1.54) is 0 Å². The summed E-state index contributed by atoms with van der Waals surface area (Å²) in [5.41, 5.74) is -1.24. The van der Waals surface area contributed by atoms with Gasteiger partial charge in [-0.05, 0) is 25.7 Å². The maximum atomic E-state index is 11.4. The van der Waals surface area contributed by atoms with Crippen LogP contribution in [-0.2, 0) is 23.8 Å². The van der Waals surface area contributed by atoms with Gasteiger partial charge in [-0.15, -0.1) is 0 Å². The Morgan fingerprint density at radius 3 is 1.39 bits per heavy atom. The standard InChI is InChI=1S/C18H30O5/c1-7-15(19)21-13-18(12-6,14-22-16(20)8-2)23-17(9-3,10-4)11-5/h7-8H,1-2,9-14H2,3-6H3.